The summed E-state index contributed by atoms with van der Waals surface area (Å²) in [6, 6.07) is 6.23. The standard InChI is InChI=1S/C16H28N2O2/c1-4-19-10-8-18(9-11-20-5-2)13-15-6-7-16(17)14(3)12-15/h6-7,12H,4-5,8-11,13,17H2,1-3H3. The first-order chi connectivity index (χ1) is 9.67. The van der Waals surface area contributed by atoms with Crippen molar-refractivity contribution in [3.63, 3.8) is 0 Å². The van der Waals surface area contributed by atoms with Crippen molar-refractivity contribution in [2.75, 3.05) is 45.3 Å². The van der Waals surface area contributed by atoms with Crippen LogP contribution in [0.3, 0.4) is 0 Å². The molecule has 0 spiro atoms. The van der Waals surface area contributed by atoms with Gasteiger partial charge in [0.05, 0.1) is 13.2 Å². The van der Waals surface area contributed by atoms with Crippen molar-refractivity contribution in [2.45, 2.75) is 27.3 Å². The van der Waals surface area contributed by atoms with Crippen LogP contribution in [0.4, 0.5) is 5.69 Å². The second-order valence-corrected chi connectivity index (χ2v) is 4.86. The zero-order valence-electron chi connectivity index (χ0n) is 13.0. The molecule has 1 aromatic carbocycles. The number of hydrogen-bond acceptors (Lipinski definition) is 4. The number of rotatable bonds is 10. The summed E-state index contributed by atoms with van der Waals surface area (Å²) in [6.45, 7) is 11.9. The van der Waals surface area contributed by atoms with Crippen LogP contribution in [-0.2, 0) is 16.0 Å². The van der Waals surface area contributed by atoms with Crippen molar-refractivity contribution in [2.24, 2.45) is 0 Å². The zero-order chi connectivity index (χ0) is 14.8. The van der Waals surface area contributed by atoms with E-state index in [0.717, 1.165) is 57.3 Å². The van der Waals surface area contributed by atoms with E-state index in [1.165, 1.54) is 5.56 Å². The first-order valence-corrected chi connectivity index (χ1v) is 7.40. The van der Waals surface area contributed by atoms with Gasteiger partial charge in [0.1, 0.15) is 0 Å². The van der Waals surface area contributed by atoms with E-state index in [2.05, 4.69) is 17.0 Å². The summed E-state index contributed by atoms with van der Waals surface area (Å²) in [7, 11) is 0. The Morgan fingerprint density at radius 3 is 2.15 bits per heavy atom. The summed E-state index contributed by atoms with van der Waals surface area (Å²) in [5, 5.41) is 0. The van der Waals surface area contributed by atoms with Crippen molar-refractivity contribution >= 4 is 5.69 Å². The minimum absolute atomic E-state index is 0.760. The molecule has 0 fully saturated rings. The van der Waals surface area contributed by atoms with Crippen LogP contribution in [0.1, 0.15) is 25.0 Å². The molecule has 0 saturated heterocycles. The van der Waals surface area contributed by atoms with E-state index in [0.29, 0.717) is 0 Å². The molecule has 114 valence electrons. The molecule has 4 nitrogen and oxygen atoms in total. The molecule has 0 unspecified atom stereocenters. The van der Waals surface area contributed by atoms with Gasteiger partial charge in [-0.1, -0.05) is 12.1 Å². The van der Waals surface area contributed by atoms with Crippen molar-refractivity contribution < 1.29 is 9.47 Å². The average Bonchev–Trinajstić information content (AvgIpc) is 2.43. The Balaban J connectivity index is 2.54. The van der Waals surface area contributed by atoms with Crippen LogP contribution < -0.4 is 5.73 Å². The predicted molar refractivity (Wildman–Crippen MR) is 83.9 cm³/mol. The van der Waals surface area contributed by atoms with Crippen LogP contribution in [0.2, 0.25) is 0 Å². The van der Waals surface area contributed by atoms with Crippen LogP contribution >= 0.6 is 0 Å². The number of nitrogens with zero attached hydrogens (tertiary/aromatic N) is 1. The fourth-order valence-corrected chi connectivity index (χ4v) is 2.04. The first kappa shape index (κ1) is 17.0. The molecule has 0 aliphatic heterocycles. The van der Waals surface area contributed by atoms with Crippen molar-refractivity contribution in [1.82, 2.24) is 4.90 Å². The van der Waals surface area contributed by atoms with Gasteiger partial charge >= 0.3 is 0 Å². The second kappa shape index (κ2) is 9.75. The molecule has 0 aliphatic carbocycles. The van der Waals surface area contributed by atoms with Crippen molar-refractivity contribution in [1.29, 1.82) is 0 Å². The number of nitrogens with two attached hydrogens (primary N) is 1. The minimum atomic E-state index is 0.760. The molecule has 2 N–H and O–H groups in total. The van der Waals surface area contributed by atoms with Crippen molar-refractivity contribution in [3.8, 4) is 0 Å². The summed E-state index contributed by atoms with van der Waals surface area (Å²) in [5.41, 5.74) is 9.13. The molecule has 4 heteroatoms. The Kier molecular flexibility index (Phi) is 8.26. The van der Waals surface area contributed by atoms with Gasteiger partial charge in [0.25, 0.3) is 0 Å². The van der Waals surface area contributed by atoms with Crippen LogP contribution in [0.25, 0.3) is 0 Å². The summed E-state index contributed by atoms with van der Waals surface area (Å²) in [6.07, 6.45) is 0. The third kappa shape index (κ3) is 6.37. The Labute approximate surface area is 122 Å². The lowest BCUT2D eigenvalue weighted by molar-refractivity contribution is 0.0798. The molecular weight excluding hydrogens is 252 g/mol. The van der Waals surface area contributed by atoms with Crippen LogP contribution in [0.5, 0.6) is 0 Å². The fraction of sp³-hybridized carbons (Fsp3) is 0.625. The number of benzene rings is 1. The highest BCUT2D eigenvalue weighted by Crippen LogP contribution is 2.14. The largest absolute Gasteiger partial charge is 0.399 e. The highest BCUT2D eigenvalue weighted by Gasteiger charge is 2.07. The highest BCUT2D eigenvalue weighted by molar-refractivity contribution is 5.47. The molecule has 0 saturated carbocycles. The van der Waals surface area contributed by atoms with Gasteiger partial charge in [0.2, 0.25) is 0 Å². The molecule has 0 bridgehead atoms. The van der Waals surface area contributed by atoms with Gasteiger partial charge in [-0.05, 0) is 38.0 Å². The van der Waals surface area contributed by atoms with Crippen LogP contribution in [-0.4, -0.2) is 44.4 Å². The van der Waals surface area contributed by atoms with E-state index in [1.54, 1.807) is 0 Å². The smallest absolute Gasteiger partial charge is 0.0593 e. The van der Waals surface area contributed by atoms with E-state index in [9.17, 15) is 0 Å². The van der Waals surface area contributed by atoms with Gasteiger partial charge in [0, 0.05) is 38.5 Å². The maximum Gasteiger partial charge on any atom is 0.0593 e. The molecule has 1 aromatic rings. The summed E-state index contributed by atoms with van der Waals surface area (Å²) in [4.78, 5) is 2.36. The molecule has 0 radical (unpaired) electrons. The van der Waals surface area contributed by atoms with Gasteiger partial charge in [-0.25, -0.2) is 0 Å². The highest BCUT2D eigenvalue weighted by atomic mass is 16.5. The number of aryl methyl sites for hydroxylation is 1. The van der Waals surface area contributed by atoms with E-state index >= 15 is 0 Å². The number of hydrogen-bond donors (Lipinski definition) is 1. The maximum atomic E-state index is 5.86. The van der Waals surface area contributed by atoms with Crippen molar-refractivity contribution in [3.05, 3.63) is 29.3 Å². The second-order valence-electron chi connectivity index (χ2n) is 4.86. The van der Waals surface area contributed by atoms with E-state index in [-0.39, 0.29) is 0 Å². The number of anilines is 1. The Bertz CT molecular complexity index is 373. The van der Waals surface area contributed by atoms with Gasteiger partial charge in [-0.3, -0.25) is 4.90 Å². The van der Waals surface area contributed by atoms with E-state index in [4.69, 9.17) is 15.2 Å². The Morgan fingerprint density at radius 2 is 1.65 bits per heavy atom. The fourth-order valence-electron chi connectivity index (χ4n) is 2.04. The molecule has 0 heterocycles. The quantitative estimate of drug-likeness (QED) is 0.528. The summed E-state index contributed by atoms with van der Waals surface area (Å²) >= 11 is 0. The zero-order valence-corrected chi connectivity index (χ0v) is 13.0. The maximum absolute atomic E-state index is 5.86. The Morgan fingerprint density at radius 1 is 1.05 bits per heavy atom. The SMILES string of the molecule is CCOCCN(CCOCC)Cc1ccc(N)c(C)c1. The molecule has 0 amide bonds. The molecule has 0 aromatic heterocycles. The topological polar surface area (TPSA) is 47.7 Å². The van der Waals surface area contributed by atoms with Crippen LogP contribution in [0.15, 0.2) is 18.2 Å². The van der Waals surface area contributed by atoms with Gasteiger partial charge in [-0.15, -0.1) is 0 Å². The monoisotopic (exact) mass is 280 g/mol. The lowest BCUT2D eigenvalue weighted by Crippen LogP contribution is -2.30. The minimum Gasteiger partial charge on any atom is -0.399 e. The predicted octanol–water partition coefficient (Wildman–Crippen LogP) is 2.45. The normalized spacial score (nSPS) is 11.2. The van der Waals surface area contributed by atoms with Crippen LogP contribution in [0, 0.1) is 6.92 Å². The molecular formula is C16H28N2O2. The molecule has 20 heavy (non-hydrogen) atoms. The third-order valence-corrected chi connectivity index (χ3v) is 3.25. The lowest BCUT2D eigenvalue weighted by Gasteiger charge is -2.22. The number of nitrogen functional groups attached to an aromatic ring is 1. The van der Waals surface area contributed by atoms with E-state index < -0.39 is 0 Å². The summed E-state index contributed by atoms with van der Waals surface area (Å²) in [5.74, 6) is 0. The molecule has 0 atom stereocenters. The first-order valence-electron chi connectivity index (χ1n) is 7.40. The van der Waals surface area contributed by atoms with Gasteiger partial charge in [0.15, 0.2) is 0 Å². The molecule has 1 rings (SSSR count). The average molecular weight is 280 g/mol. The van der Waals surface area contributed by atoms with Gasteiger partial charge in [-0.2, -0.15) is 0 Å². The Hall–Kier alpha value is -1.10. The van der Waals surface area contributed by atoms with Gasteiger partial charge < -0.3 is 15.2 Å². The molecule has 0 aliphatic rings. The lowest BCUT2D eigenvalue weighted by atomic mass is 10.1. The summed E-state index contributed by atoms with van der Waals surface area (Å²) < 4.78 is 10.9. The third-order valence-electron chi connectivity index (χ3n) is 3.25. The number of ether oxygens (including phenoxy) is 2. The van der Waals surface area contributed by atoms with E-state index in [1.807, 2.05) is 26.8 Å².